The van der Waals surface area contributed by atoms with Gasteiger partial charge in [0.2, 0.25) is 0 Å². The van der Waals surface area contributed by atoms with Crippen molar-refractivity contribution in [3.63, 3.8) is 0 Å². The molecule has 0 aromatic carbocycles. The maximum absolute atomic E-state index is 11.3. The molecule has 17 heavy (non-hydrogen) atoms. The van der Waals surface area contributed by atoms with Gasteiger partial charge in [-0.05, 0) is 18.6 Å². The number of rotatable bonds is 5. The molecule has 1 fully saturated rings. The molecular weight excluding hydrogens is 264 g/mol. The molecule has 1 rings (SSSR count). The average Bonchev–Trinajstić information content (AvgIpc) is 2.57. The van der Waals surface area contributed by atoms with Gasteiger partial charge in [-0.1, -0.05) is 0 Å². The standard InChI is InChI=1S/C9H18N2O4S2/c12-4-2-11(3-5-13)9(16)10-8-1-6-17(14,15)7-8/h8,12-13H,1-7H2,(H,10,16)/t8-/m0/s1. The molecule has 0 unspecified atom stereocenters. The van der Waals surface area contributed by atoms with Crippen LogP contribution in [0.4, 0.5) is 0 Å². The topological polar surface area (TPSA) is 89.9 Å². The van der Waals surface area contributed by atoms with Crippen molar-refractivity contribution < 1.29 is 18.6 Å². The van der Waals surface area contributed by atoms with Crippen LogP contribution < -0.4 is 5.32 Å². The summed E-state index contributed by atoms with van der Waals surface area (Å²) in [6, 6.07) is -0.160. The molecule has 1 aliphatic heterocycles. The van der Waals surface area contributed by atoms with Gasteiger partial charge >= 0.3 is 0 Å². The summed E-state index contributed by atoms with van der Waals surface area (Å²) >= 11 is 5.12. The first-order valence-electron chi connectivity index (χ1n) is 5.46. The van der Waals surface area contributed by atoms with Gasteiger partial charge in [-0.2, -0.15) is 0 Å². The molecule has 0 aromatic rings. The molecule has 0 saturated carbocycles. The molecule has 100 valence electrons. The third-order valence-corrected chi connectivity index (χ3v) is 4.73. The Labute approximate surface area is 107 Å². The van der Waals surface area contributed by atoms with Crippen LogP contribution in [0.25, 0.3) is 0 Å². The lowest BCUT2D eigenvalue weighted by Gasteiger charge is -2.26. The molecule has 1 saturated heterocycles. The highest BCUT2D eigenvalue weighted by Gasteiger charge is 2.28. The fourth-order valence-electron chi connectivity index (χ4n) is 1.73. The molecule has 0 bridgehead atoms. The molecule has 3 N–H and O–H groups in total. The van der Waals surface area contributed by atoms with E-state index in [4.69, 9.17) is 22.4 Å². The molecule has 0 spiro atoms. The van der Waals surface area contributed by atoms with Crippen molar-refractivity contribution in [3.05, 3.63) is 0 Å². The Morgan fingerprint density at radius 3 is 2.35 bits per heavy atom. The summed E-state index contributed by atoms with van der Waals surface area (Å²) in [7, 11) is -2.93. The summed E-state index contributed by atoms with van der Waals surface area (Å²) in [5.41, 5.74) is 0. The van der Waals surface area contributed by atoms with Crippen LogP contribution in [0.5, 0.6) is 0 Å². The first-order valence-corrected chi connectivity index (χ1v) is 7.69. The quantitative estimate of drug-likeness (QED) is 0.520. The summed E-state index contributed by atoms with van der Waals surface area (Å²) in [6.45, 7) is 0.521. The van der Waals surface area contributed by atoms with Gasteiger partial charge in [-0.25, -0.2) is 8.42 Å². The zero-order valence-electron chi connectivity index (χ0n) is 9.50. The van der Waals surface area contributed by atoms with E-state index in [2.05, 4.69) is 5.32 Å². The maximum Gasteiger partial charge on any atom is 0.169 e. The van der Waals surface area contributed by atoms with Gasteiger partial charge < -0.3 is 20.4 Å². The lowest BCUT2D eigenvalue weighted by Crippen LogP contribution is -2.47. The van der Waals surface area contributed by atoms with Crippen molar-refractivity contribution in [3.8, 4) is 0 Å². The van der Waals surface area contributed by atoms with E-state index in [1.165, 1.54) is 0 Å². The molecule has 6 nitrogen and oxygen atoms in total. The van der Waals surface area contributed by atoms with Crippen molar-refractivity contribution in [2.45, 2.75) is 12.5 Å². The number of hydrogen-bond donors (Lipinski definition) is 3. The lowest BCUT2D eigenvalue weighted by molar-refractivity contribution is 0.210. The summed E-state index contributed by atoms with van der Waals surface area (Å²) < 4.78 is 22.5. The van der Waals surface area contributed by atoms with Crippen LogP contribution in [0.2, 0.25) is 0 Å². The van der Waals surface area contributed by atoms with Crippen LogP contribution in [-0.4, -0.2) is 72.5 Å². The van der Waals surface area contributed by atoms with Gasteiger partial charge in [-0.15, -0.1) is 0 Å². The van der Waals surface area contributed by atoms with Crippen molar-refractivity contribution in [1.82, 2.24) is 10.2 Å². The lowest BCUT2D eigenvalue weighted by atomic mass is 10.3. The highest BCUT2D eigenvalue weighted by molar-refractivity contribution is 7.91. The van der Waals surface area contributed by atoms with Crippen molar-refractivity contribution in [1.29, 1.82) is 0 Å². The molecule has 1 aliphatic rings. The van der Waals surface area contributed by atoms with E-state index in [1.54, 1.807) is 4.90 Å². The molecule has 0 radical (unpaired) electrons. The minimum Gasteiger partial charge on any atom is -0.395 e. The molecule has 0 aliphatic carbocycles. The highest BCUT2D eigenvalue weighted by Crippen LogP contribution is 2.11. The number of aliphatic hydroxyl groups excluding tert-OH is 2. The van der Waals surface area contributed by atoms with Crippen LogP contribution in [0.15, 0.2) is 0 Å². The second-order valence-corrected chi connectivity index (χ2v) is 6.60. The van der Waals surface area contributed by atoms with Crippen molar-refractivity contribution in [2.24, 2.45) is 0 Å². The fraction of sp³-hybridized carbons (Fsp3) is 0.889. The Kier molecular flexibility index (Phi) is 5.57. The first-order chi connectivity index (χ1) is 7.98. The normalized spacial score (nSPS) is 22.4. The van der Waals surface area contributed by atoms with Gasteiger partial charge in [0.25, 0.3) is 0 Å². The monoisotopic (exact) mass is 282 g/mol. The number of thiocarbonyl (C=S) groups is 1. The van der Waals surface area contributed by atoms with Crippen LogP contribution in [0.3, 0.4) is 0 Å². The van der Waals surface area contributed by atoms with E-state index in [0.717, 1.165) is 0 Å². The van der Waals surface area contributed by atoms with Gasteiger partial charge in [0, 0.05) is 19.1 Å². The molecular formula is C9H18N2O4S2. The average molecular weight is 282 g/mol. The van der Waals surface area contributed by atoms with Crippen LogP contribution in [0, 0.1) is 0 Å². The van der Waals surface area contributed by atoms with Gasteiger partial charge in [0.1, 0.15) is 0 Å². The van der Waals surface area contributed by atoms with E-state index in [-0.39, 0.29) is 30.8 Å². The van der Waals surface area contributed by atoms with Crippen molar-refractivity contribution in [2.75, 3.05) is 37.8 Å². The van der Waals surface area contributed by atoms with E-state index in [1.807, 2.05) is 0 Å². The number of aliphatic hydroxyl groups is 2. The molecule has 0 aromatic heterocycles. The van der Waals surface area contributed by atoms with Crippen LogP contribution in [0.1, 0.15) is 6.42 Å². The zero-order valence-corrected chi connectivity index (χ0v) is 11.1. The summed E-state index contributed by atoms with van der Waals surface area (Å²) in [6.07, 6.45) is 0.550. The number of nitrogens with one attached hydrogen (secondary N) is 1. The third kappa shape index (κ3) is 4.74. The predicted octanol–water partition coefficient (Wildman–Crippen LogP) is -1.67. The minimum atomic E-state index is -2.93. The Morgan fingerprint density at radius 1 is 1.35 bits per heavy atom. The second-order valence-electron chi connectivity index (χ2n) is 3.98. The van der Waals surface area contributed by atoms with E-state index in [9.17, 15) is 8.42 Å². The van der Waals surface area contributed by atoms with Crippen LogP contribution >= 0.6 is 12.2 Å². The Hall–Kier alpha value is -0.440. The largest absolute Gasteiger partial charge is 0.395 e. The fourth-order valence-corrected chi connectivity index (χ4v) is 3.75. The molecule has 1 atom stereocenters. The second kappa shape index (κ2) is 6.48. The molecule has 0 amide bonds. The number of hydrogen-bond acceptors (Lipinski definition) is 5. The highest BCUT2D eigenvalue weighted by atomic mass is 32.2. The predicted molar refractivity (Wildman–Crippen MR) is 68.5 cm³/mol. The van der Waals surface area contributed by atoms with E-state index < -0.39 is 9.84 Å². The van der Waals surface area contributed by atoms with E-state index in [0.29, 0.717) is 24.6 Å². The van der Waals surface area contributed by atoms with Crippen LogP contribution in [-0.2, 0) is 9.84 Å². The SMILES string of the molecule is O=S1(=O)CC[C@H](NC(=S)N(CCO)CCO)C1. The van der Waals surface area contributed by atoms with E-state index >= 15 is 0 Å². The summed E-state index contributed by atoms with van der Waals surface area (Å²) in [5, 5.41) is 21.0. The minimum absolute atomic E-state index is 0.0647. The smallest absolute Gasteiger partial charge is 0.169 e. The number of sulfone groups is 1. The Balaban J connectivity index is 2.47. The van der Waals surface area contributed by atoms with Gasteiger partial charge in [-0.3, -0.25) is 0 Å². The summed E-state index contributed by atoms with van der Waals surface area (Å²) in [5.74, 6) is 0.284. The Bertz CT molecular complexity index is 352. The Morgan fingerprint density at radius 2 is 1.94 bits per heavy atom. The number of nitrogens with zero attached hydrogens (tertiary/aromatic N) is 1. The van der Waals surface area contributed by atoms with Crippen molar-refractivity contribution >= 4 is 27.2 Å². The zero-order chi connectivity index (χ0) is 12.9. The molecule has 1 heterocycles. The first kappa shape index (κ1) is 14.6. The summed E-state index contributed by atoms with van der Waals surface area (Å²) in [4.78, 5) is 1.63. The van der Waals surface area contributed by atoms with Gasteiger partial charge in [0.15, 0.2) is 14.9 Å². The maximum atomic E-state index is 11.3. The molecule has 8 heteroatoms. The van der Waals surface area contributed by atoms with Gasteiger partial charge in [0.05, 0.1) is 24.7 Å². The third-order valence-electron chi connectivity index (χ3n) is 2.59.